The molecule has 35 heavy (non-hydrogen) atoms. The highest BCUT2D eigenvalue weighted by atomic mass is 16.7. The molecule has 1 aliphatic heterocycles. The fourth-order valence-corrected chi connectivity index (χ4v) is 4.06. The standard InChI is InChI=1S/C25H32O10/c1-12(8-14-4-6-16(26)17(27)10-14)13(2)9-15-5-7-18(33-3)19(11-15)34-25-22(30)20(28)21(29)23(35-25)24(31)32/h4-7,10-13,20-23,25-30H,8-9H2,1-3H3,(H,31,32)/t12-,13+,20-,21-,22+,23-,25+/m1/s1. The van der Waals surface area contributed by atoms with Crippen LogP contribution in [-0.2, 0) is 22.4 Å². The number of carboxylic acid groups (broad SMARTS) is 1. The molecule has 0 aromatic heterocycles. The van der Waals surface area contributed by atoms with Gasteiger partial charge in [0.15, 0.2) is 29.1 Å². The van der Waals surface area contributed by atoms with Gasteiger partial charge in [-0.1, -0.05) is 26.0 Å². The van der Waals surface area contributed by atoms with Gasteiger partial charge in [-0.25, -0.2) is 4.79 Å². The monoisotopic (exact) mass is 492 g/mol. The van der Waals surface area contributed by atoms with E-state index in [0.29, 0.717) is 18.6 Å². The van der Waals surface area contributed by atoms with E-state index in [2.05, 4.69) is 13.8 Å². The molecule has 192 valence electrons. The van der Waals surface area contributed by atoms with Gasteiger partial charge in [0.25, 0.3) is 0 Å². The summed E-state index contributed by atoms with van der Waals surface area (Å²) in [6, 6.07) is 10.00. The van der Waals surface area contributed by atoms with Crippen LogP contribution in [0.5, 0.6) is 23.0 Å². The van der Waals surface area contributed by atoms with Crippen LogP contribution in [0.15, 0.2) is 36.4 Å². The zero-order chi connectivity index (χ0) is 25.9. The summed E-state index contributed by atoms with van der Waals surface area (Å²) in [6.45, 7) is 4.17. The number of hydrogen-bond acceptors (Lipinski definition) is 9. The minimum atomic E-state index is -1.81. The maximum Gasteiger partial charge on any atom is 0.335 e. The Bertz CT molecular complexity index is 1030. The van der Waals surface area contributed by atoms with Gasteiger partial charge in [0.1, 0.15) is 18.3 Å². The van der Waals surface area contributed by atoms with Gasteiger partial charge < -0.3 is 44.8 Å². The van der Waals surface area contributed by atoms with Crippen LogP contribution in [0, 0.1) is 11.8 Å². The van der Waals surface area contributed by atoms with E-state index in [-0.39, 0.29) is 29.1 Å². The van der Waals surface area contributed by atoms with Gasteiger partial charge in [0.2, 0.25) is 6.29 Å². The lowest BCUT2D eigenvalue weighted by Crippen LogP contribution is -2.61. The van der Waals surface area contributed by atoms with Crippen molar-refractivity contribution in [3.8, 4) is 23.0 Å². The number of carboxylic acids is 1. The molecule has 10 heteroatoms. The van der Waals surface area contributed by atoms with E-state index in [0.717, 1.165) is 11.1 Å². The second kappa shape index (κ2) is 11.1. The van der Waals surface area contributed by atoms with E-state index in [9.17, 15) is 35.4 Å². The normalized spacial score (nSPS) is 26.1. The first-order chi connectivity index (χ1) is 16.5. The number of aliphatic hydroxyl groups is 3. The number of carbonyl (C=O) groups is 1. The molecular formula is C25H32O10. The van der Waals surface area contributed by atoms with Crippen molar-refractivity contribution in [3.05, 3.63) is 47.5 Å². The van der Waals surface area contributed by atoms with Gasteiger partial charge in [-0.05, 0) is 60.1 Å². The molecule has 1 aliphatic rings. The summed E-state index contributed by atoms with van der Waals surface area (Å²) in [5, 5.41) is 58.7. The second-order valence-corrected chi connectivity index (χ2v) is 9.02. The quantitative estimate of drug-likeness (QED) is 0.282. The second-order valence-electron chi connectivity index (χ2n) is 9.02. The highest BCUT2D eigenvalue weighted by molar-refractivity contribution is 5.73. The lowest BCUT2D eigenvalue weighted by atomic mass is 9.85. The summed E-state index contributed by atoms with van der Waals surface area (Å²) in [4.78, 5) is 11.4. The molecule has 2 aromatic rings. The number of methoxy groups -OCH3 is 1. The Morgan fingerprint density at radius 1 is 0.886 bits per heavy atom. The maximum absolute atomic E-state index is 11.4. The number of benzene rings is 2. The van der Waals surface area contributed by atoms with Crippen molar-refractivity contribution in [2.24, 2.45) is 11.8 Å². The average molecular weight is 493 g/mol. The molecule has 7 atom stereocenters. The van der Waals surface area contributed by atoms with E-state index >= 15 is 0 Å². The van der Waals surface area contributed by atoms with Crippen molar-refractivity contribution in [2.45, 2.75) is 57.4 Å². The van der Waals surface area contributed by atoms with Gasteiger partial charge in [-0.15, -0.1) is 0 Å². The van der Waals surface area contributed by atoms with E-state index in [1.165, 1.54) is 13.2 Å². The maximum atomic E-state index is 11.4. The van der Waals surface area contributed by atoms with Crippen LogP contribution < -0.4 is 9.47 Å². The molecule has 10 nitrogen and oxygen atoms in total. The largest absolute Gasteiger partial charge is 0.504 e. The van der Waals surface area contributed by atoms with Crippen LogP contribution in [0.1, 0.15) is 25.0 Å². The third-order valence-corrected chi connectivity index (χ3v) is 6.41. The molecule has 1 heterocycles. The molecule has 0 unspecified atom stereocenters. The number of rotatable bonds is 9. The summed E-state index contributed by atoms with van der Waals surface area (Å²) in [7, 11) is 1.43. The molecule has 0 radical (unpaired) electrons. The lowest BCUT2D eigenvalue weighted by Gasteiger charge is -2.38. The highest BCUT2D eigenvalue weighted by Crippen LogP contribution is 2.34. The minimum absolute atomic E-state index is 0.158. The number of aromatic hydroxyl groups is 2. The highest BCUT2D eigenvalue weighted by Gasteiger charge is 2.48. The zero-order valence-corrected chi connectivity index (χ0v) is 19.7. The molecule has 0 saturated carbocycles. The number of aliphatic carboxylic acids is 1. The first-order valence-electron chi connectivity index (χ1n) is 11.3. The third kappa shape index (κ3) is 6.15. The van der Waals surface area contributed by atoms with Gasteiger partial charge >= 0.3 is 5.97 Å². The minimum Gasteiger partial charge on any atom is -0.504 e. The number of hydrogen-bond donors (Lipinski definition) is 6. The van der Waals surface area contributed by atoms with Crippen LogP contribution in [-0.4, -0.2) is 74.4 Å². The SMILES string of the molecule is COc1ccc(C[C@H](C)[C@H](C)Cc2ccc(O)c(O)c2)cc1O[C@H]1O[C@@H](C(=O)O)[C@H](O)[C@@H](O)[C@@H]1O. The summed E-state index contributed by atoms with van der Waals surface area (Å²) in [5.74, 6) is -0.887. The average Bonchev–Trinajstić information content (AvgIpc) is 2.81. The molecule has 0 spiro atoms. The summed E-state index contributed by atoms with van der Waals surface area (Å²) < 4.78 is 16.2. The van der Waals surface area contributed by atoms with Crippen molar-refractivity contribution < 1.29 is 49.6 Å². The van der Waals surface area contributed by atoms with Crippen LogP contribution in [0.2, 0.25) is 0 Å². The Labute approximate surface area is 202 Å². The Hall–Kier alpha value is -3.05. The van der Waals surface area contributed by atoms with Crippen LogP contribution in [0.25, 0.3) is 0 Å². The van der Waals surface area contributed by atoms with E-state index < -0.39 is 36.7 Å². The fourth-order valence-electron chi connectivity index (χ4n) is 4.06. The van der Waals surface area contributed by atoms with Gasteiger partial charge in [-0.3, -0.25) is 0 Å². The van der Waals surface area contributed by atoms with Gasteiger partial charge in [0.05, 0.1) is 7.11 Å². The number of aliphatic hydroxyl groups excluding tert-OH is 3. The third-order valence-electron chi connectivity index (χ3n) is 6.41. The van der Waals surface area contributed by atoms with Crippen molar-refractivity contribution in [1.29, 1.82) is 0 Å². The molecule has 0 bridgehead atoms. The fraction of sp³-hybridized carbons (Fsp3) is 0.480. The van der Waals surface area contributed by atoms with Crippen molar-refractivity contribution >= 4 is 5.97 Å². The first kappa shape index (κ1) is 26.6. The molecule has 1 saturated heterocycles. The van der Waals surface area contributed by atoms with E-state index in [1.54, 1.807) is 24.3 Å². The lowest BCUT2D eigenvalue weighted by molar-refractivity contribution is -0.271. The molecule has 3 rings (SSSR count). The number of ether oxygens (including phenoxy) is 3. The smallest absolute Gasteiger partial charge is 0.335 e. The topological polar surface area (TPSA) is 166 Å². The summed E-state index contributed by atoms with van der Waals surface area (Å²) >= 11 is 0. The van der Waals surface area contributed by atoms with Crippen molar-refractivity contribution in [1.82, 2.24) is 0 Å². The van der Waals surface area contributed by atoms with Crippen LogP contribution in [0.3, 0.4) is 0 Å². The van der Waals surface area contributed by atoms with E-state index in [4.69, 9.17) is 14.2 Å². The van der Waals surface area contributed by atoms with Gasteiger partial charge in [0, 0.05) is 0 Å². The summed E-state index contributed by atoms with van der Waals surface area (Å²) in [6.07, 6.45) is -7.25. The predicted molar refractivity (Wildman–Crippen MR) is 123 cm³/mol. The first-order valence-corrected chi connectivity index (χ1v) is 11.3. The molecule has 1 fully saturated rings. The van der Waals surface area contributed by atoms with E-state index in [1.807, 2.05) is 6.07 Å². The number of phenols is 2. The molecule has 6 N–H and O–H groups in total. The Kier molecular flexibility index (Phi) is 8.44. The Balaban J connectivity index is 1.73. The number of phenolic OH excluding ortho intramolecular Hbond substituents is 2. The van der Waals surface area contributed by atoms with Gasteiger partial charge in [-0.2, -0.15) is 0 Å². The molecule has 2 aromatic carbocycles. The zero-order valence-electron chi connectivity index (χ0n) is 19.7. The van der Waals surface area contributed by atoms with Crippen molar-refractivity contribution in [2.75, 3.05) is 7.11 Å². The van der Waals surface area contributed by atoms with Crippen LogP contribution >= 0.6 is 0 Å². The molecular weight excluding hydrogens is 460 g/mol. The van der Waals surface area contributed by atoms with Crippen molar-refractivity contribution in [3.63, 3.8) is 0 Å². The summed E-state index contributed by atoms with van der Waals surface area (Å²) in [5.41, 5.74) is 1.78. The predicted octanol–water partition coefficient (Wildman–Crippen LogP) is 1.43. The Morgan fingerprint density at radius 3 is 2.06 bits per heavy atom. The molecule has 0 amide bonds. The molecule has 0 aliphatic carbocycles. The van der Waals surface area contributed by atoms with Crippen LogP contribution in [0.4, 0.5) is 0 Å². The Morgan fingerprint density at radius 2 is 1.49 bits per heavy atom.